The highest BCUT2D eigenvalue weighted by Gasteiger charge is 2.17. The second-order valence-corrected chi connectivity index (χ2v) is 3.38. The lowest BCUT2D eigenvalue weighted by Gasteiger charge is -1.98. The summed E-state index contributed by atoms with van der Waals surface area (Å²) in [6.45, 7) is 5.74. The van der Waals surface area contributed by atoms with Gasteiger partial charge in [0.2, 0.25) is 0 Å². The molecule has 5 nitrogen and oxygen atoms in total. The van der Waals surface area contributed by atoms with E-state index in [1.165, 1.54) is 6.07 Å². The van der Waals surface area contributed by atoms with Crippen LogP contribution in [0.25, 0.3) is 0 Å². The zero-order chi connectivity index (χ0) is 12.8. The molecule has 0 unspecified atom stereocenters. The molecule has 0 spiro atoms. The van der Waals surface area contributed by atoms with Crippen LogP contribution >= 0.6 is 0 Å². The number of carbonyl (C=O) groups excluding carboxylic acids is 2. The molecule has 0 amide bonds. The first kappa shape index (κ1) is 13.3. The molecular formula is C12H16O5. The molecule has 0 aliphatic rings. The van der Waals surface area contributed by atoms with Crippen LogP contribution in [-0.4, -0.2) is 25.2 Å². The number of rotatable bonds is 5. The highest BCUT2D eigenvalue weighted by molar-refractivity contribution is 5.90. The van der Waals surface area contributed by atoms with Crippen LogP contribution in [0.1, 0.15) is 35.7 Å². The maximum atomic E-state index is 11.5. The number of esters is 2. The molecule has 0 atom stereocenters. The number of hydrogen-bond donors (Lipinski definition) is 0. The van der Waals surface area contributed by atoms with E-state index < -0.39 is 5.97 Å². The fourth-order valence-corrected chi connectivity index (χ4v) is 1.40. The molecule has 0 fully saturated rings. The molecule has 0 bridgehead atoms. The predicted octanol–water partition coefficient (Wildman–Crippen LogP) is 1.87. The van der Waals surface area contributed by atoms with Crippen molar-refractivity contribution in [2.45, 2.75) is 27.2 Å². The van der Waals surface area contributed by atoms with Gasteiger partial charge in [0.15, 0.2) is 0 Å². The van der Waals surface area contributed by atoms with Crippen LogP contribution < -0.4 is 0 Å². The number of aryl methyl sites for hydroxylation is 1. The zero-order valence-corrected chi connectivity index (χ0v) is 10.2. The van der Waals surface area contributed by atoms with Gasteiger partial charge >= 0.3 is 11.9 Å². The number of carbonyl (C=O) groups is 2. The summed E-state index contributed by atoms with van der Waals surface area (Å²) in [6.07, 6.45) is 0.0219. The van der Waals surface area contributed by atoms with E-state index in [0.29, 0.717) is 30.3 Å². The van der Waals surface area contributed by atoms with Gasteiger partial charge in [-0.05, 0) is 26.8 Å². The molecule has 0 saturated heterocycles. The molecule has 0 radical (unpaired) electrons. The van der Waals surface area contributed by atoms with E-state index in [1.807, 2.05) is 0 Å². The summed E-state index contributed by atoms with van der Waals surface area (Å²) in [5.41, 5.74) is 0.353. The van der Waals surface area contributed by atoms with Gasteiger partial charge in [-0.1, -0.05) is 0 Å². The third-order valence-corrected chi connectivity index (χ3v) is 2.09. The third kappa shape index (κ3) is 3.62. The Morgan fingerprint density at radius 2 is 1.88 bits per heavy atom. The smallest absolute Gasteiger partial charge is 0.341 e. The largest absolute Gasteiger partial charge is 0.466 e. The lowest BCUT2D eigenvalue weighted by atomic mass is 10.2. The van der Waals surface area contributed by atoms with E-state index in [1.54, 1.807) is 20.8 Å². The molecular weight excluding hydrogens is 224 g/mol. The van der Waals surface area contributed by atoms with Crippen LogP contribution in [0.5, 0.6) is 0 Å². The predicted molar refractivity (Wildman–Crippen MR) is 59.7 cm³/mol. The first-order valence-electron chi connectivity index (χ1n) is 5.50. The van der Waals surface area contributed by atoms with Crippen molar-refractivity contribution in [2.24, 2.45) is 0 Å². The Morgan fingerprint density at radius 1 is 1.24 bits per heavy atom. The van der Waals surface area contributed by atoms with E-state index in [2.05, 4.69) is 0 Å². The topological polar surface area (TPSA) is 65.7 Å². The minimum Gasteiger partial charge on any atom is -0.466 e. The van der Waals surface area contributed by atoms with Crippen molar-refractivity contribution in [1.82, 2.24) is 0 Å². The molecule has 0 N–H and O–H groups in total. The van der Waals surface area contributed by atoms with Crippen LogP contribution in [0.4, 0.5) is 0 Å². The van der Waals surface area contributed by atoms with Crippen molar-refractivity contribution in [3.63, 3.8) is 0 Å². The van der Waals surface area contributed by atoms with Crippen molar-refractivity contribution < 1.29 is 23.5 Å². The molecule has 1 aromatic heterocycles. The van der Waals surface area contributed by atoms with Gasteiger partial charge in [0.25, 0.3) is 0 Å². The molecule has 1 heterocycles. The monoisotopic (exact) mass is 240 g/mol. The van der Waals surface area contributed by atoms with Crippen molar-refractivity contribution >= 4 is 11.9 Å². The summed E-state index contributed by atoms with van der Waals surface area (Å²) in [4.78, 5) is 22.7. The first-order valence-corrected chi connectivity index (χ1v) is 5.50. The van der Waals surface area contributed by atoms with Gasteiger partial charge in [0, 0.05) is 0 Å². The maximum absolute atomic E-state index is 11.5. The summed E-state index contributed by atoms with van der Waals surface area (Å²) in [6, 6.07) is 1.52. The first-order chi connectivity index (χ1) is 8.08. The molecule has 0 saturated carbocycles. The highest BCUT2D eigenvalue weighted by atomic mass is 16.5. The fourth-order valence-electron chi connectivity index (χ4n) is 1.40. The van der Waals surface area contributed by atoms with Crippen molar-refractivity contribution in [2.75, 3.05) is 13.2 Å². The lowest BCUT2D eigenvalue weighted by molar-refractivity contribution is -0.142. The fraction of sp³-hybridized carbons (Fsp3) is 0.500. The van der Waals surface area contributed by atoms with Gasteiger partial charge in [-0.3, -0.25) is 4.79 Å². The van der Waals surface area contributed by atoms with Crippen LogP contribution in [-0.2, 0) is 20.7 Å². The van der Waals surface area contributed by atoms with Gasteiger partial charge in [-0.25, -0.2) is 4.79 Å². The Kier molecular flexibility index (Phi) is 4.75. The molecule has 17 heavy (non-hydrogen) atoms. The minimum absolute atomic E-state index is 0.0219. The molecule has 0 aliphatic heterocycles. The summed E-state index contributed by atoms with van der Waals surface area (Å²) < 4.78 is 14.9. The van der Waals surface area contributed by atoms with E-state index in [9.17, 15) is 9.59 Å². The maximum Gasteiger partial charge on any atom is 0.341 e. The average molecular weight is 240 g/mol. The Morgan fingerprint density at radius 3 is 2.47 bits per heavy atom. The molecule has 1 aromatic rings. The number of furan rings is 1. The summed E-state index contributed by atoms with van der Waals surface area (Å²) in [5, 5.41) is 0. The minimum atomic E-state index is -0.441. The van der Waals surface area contributed by atoms with Crippen LogP contribution in [0.3, 0.4) is 0 Å². The van der Waals surface area contributed by atoms with E-state index in [-0.39, 0.29) is 12.4 Å². The molecule has 94 valence electrons. The van der Waals surface area contributed by atoms with Crippen LogP contribution in [0.15, 0.2) is 10.5 Å². The van der Waals surface area contributed by atoms with E-state index in [4.69, 9.17) is 13.9 Å². The summed E-state index contributed by atoms with van der Waals surface area (Å²) >= 11 is 0. The second-order valence-electron chi connectivity index (χ2n) is 3.38. The van der Waals surface area contributed by atoms with Crippen molar-refractivity contribution in [3.05, 3.63) is 23.2 Å². The SMILES string of the molecule is CCOC(=O)Cc1cc(C(=O)OCC)c(C)o1. The average Bonchev–Trinajstić information content (AvgIpc) is 2.60. The van der Waals surface area contributed by atoms with Gasteiger partial charge in [-0.15, -0.1) is 0 Å². The lowest BCUT2D eigenvalue weighted by Crippen LogP contribution is -2.07. The molecule has 0 aromatic carbocycles. The van der Waals surface area contributed by atoms with Gasteiger partial charge in [0.1, 0.15) is 23.5 Å². The Balaban J connectivity index is 2.74. The van der Waals surface area contributed by atoms with Crippen molar-refractivity contribution in [3.8, 4) is 0 Å². The number of hydrogen-bond acceptors (Lipinski definition) is 5. The second kappa shape index (κ2) is 6.08. The normalized spacial score (nSPS) is 10.1. The van der Waals surface area contributed by atoms with Gasteiger partial charge in [-0.2, -0.15) is 0 Å². The highest BCUT2D eigenvalue weighted by Crippen LogP contribution is 2.16. The summed E-state index contributed by atoms with van der Waals surface area (Å²) in [7, 11) is 0. The van der Waals surface area contributed by atoms with Gasteiger partial charge < -0.3 is 13.9 Å². The van der Waals surface area contributed by atoms with Crippen molar-refractivity contribution in [1.29, 1.82) is 0 Å². The number of ether oxygens (including phenoxy) is 2. The van der Waals surface area contributed by atoms with Crippen LogP contribution in [0, 0.1) is 6.92 Å². The molecule has 5 heteroatoms. The van der Waals surface area contributed by atoms with Crippen LogP contribution in [0.2, 0.25) is 0 Å². The van der Waals surface area contributed by atoms with Gasteiger partial charge in [0.05, 0.1) is 13.2 Å². The Bertz CT molecular complexity index is 405. The quantitative estimate of drug-likeness (QED) is 0.735. The summed E-state index contributed by atoms with van der Waals surface area (Å²) in [5.74, 6) is 0.0345. The zero-order valence-electron chi connectivity index (χ0n) is 10.2. The standard InChI is InChI=1S/C12H16O5/c1-4-15-11(13)7-9-6-10(8(3)17-9)12(14)16-5-2/h6H,4-5,7H2,1-3H3. The molecule has 0 aliphatic carbocycles. The molecule has 1 rings (SSSR count). The van der Waals surface area contributed by atoms with E-state index in [0.717, 1.165) is 0 Å². The Labute approximate surface area is 99.7 Å². The third-order valence-electron chi connectivity index (χ3n) is 2.09. The van der Waals surface area contributed by atoms with E-state index >= 15 is 0 Å². The Hall–Kier alpha value is -1.78.